The molecule has 0 spiro atoms. The van der Waals surface area contributed by atoms with Crippen molar-refractivity contribution in [3.63, 3.8) is 0 Å². The van der Waals surface area contributed by atoms with Gasteiger partial charge in [-0.3, -0.25) is 0 Å². The van der Waals surface area contributed by atoms with Crippen molar-refractivity contribution in [2.75, 3.05) is 6.54 Å². The number of nitrogens with one attached hydrogen (secondary N) is 1. The topological polar surface area (TPSA) is 33.6 Å². The summed E-state index contributed by atoms with van der Waals surface area (Å²) >= 11 is 0. The van der Waals surface area contributed by atoms with Gasteiger partial charge in [-0.05, 0) is 11.1 Å². The maximum atomic E-state index is 5.48. The van der Waals surface area contributed by atoms with Crippen LogP contribution in [0, 0.1) is 0 Å². The Bertz CT molecular complexity index is 566. The zero-order valence-corrected chi connectivity index (χ0v) is 11.3. The molecule has 0 saturated heterocycles. The largest absolute Gasteiger partial charge is 0.390 e. The standard InChI is InChI=1S/C17H18N2O/c1-3-7-14(8-4-1)12-18-13-16-11-17(19-20-16)15-9-5-2-6-10-15/h1-10,16,18H,11-13H2/t16-/m1/s1. The average molecular weight is 266 g/mol. The lowest BCUT2D eigenvalue weighted by molar-refractivity contribution is 0.0848. The summed E-state index contributed by atoms with van der Waals surface area (Å²) in [5.41, 5.74) is 3.48. The summed E-state index contributed by atoms with van der Waals surface area (Å²) in [6.45, 7) is 1.68. The molecule has 0 bridgehead atoms. The molecule has 1 heterocycles. The van der Waals surface area contributed by atoms with Crippen LogP contribution in [0.4, 0.5) is 0 Å². The summed E-state index contributed by atoms with van der Waals surface area (Å²) < 4.78 is 0. The molecule has 1 aliphatic rings. The van der Waals surface area contributed by atoms with Gasteiger partial charge in [-0.15, -0.1) is 0 Å². The van der Waals surface area contributed by atoms with Crippen LogP contribution in [0.1, 0.15) is 17.5 Å². The molecule has 1 atom stereocenters. The van der Waals surface area contributed by atoms with Gasteiger partial charge in [0.05, 0.1) is 5.71 Å². The Morgan fingerprint density at radius 1 is 1.00 bits per heavy atom. The van der Waals surface area contributed by atoms with Crippen molar-refractivity contribution in [1.29, 1.82) is 0 Å². The van der Waals surface area contributed by atoms with Crippen LogP contribution >= 0.6 is 0 Å². The molecule has 2 aromatic carbocycles. The van der Waals surface area contributed by atoms with Crippen LogP contribution in [0.25, 0.3) is 0 Å². The van der Waals surface area contributed by atoms with Gasteiger partial charge >= 0.3 is 0 Å². The fraction of sp³-hybridized carbons (Fsp3) is 0.235. The first-order valence-corrected chi connectivity index (χ1v) is 6.94. The highest BCUT2D eigenvalue weighted by Gasteiger charge is 2.21. The normalized spacial score (nSPS) is 17.6. The van der Waals surface area contributed by atoms with Crippen LogP contribution in [0.5, 0.6) is 0 Å². The maximum absolute atomic E-state index is 5.48. The van der Waals surface area contributed by atoms with Gasteiger partial charge in [0.2, 0.25) is 0 Å². The Morgan fingerprint density at radius 2 is 1.70 bits per heavy atom. The molecular weight excluding hydrogens is 248 g/mol. The van der Waals surface area contributed by atoms with E-state index in [0.717, 1.165) is 30.8 Å². The summed E-state index contributed by atoms with van der Waals surface area (Å²) in [5.74, 6) is 0. The number of hydrogen-bond donors (Lipinski definition) is 1. The van der Waals surface area contributed by atoms with Gasteiger partial charge in [-0.2, -0.15) is 0 Å². The minimum Gasteiger partial charge on any atom is -0.390 e. The lowest BCUT2D eigenvalue weighted by Gasteiger charge is -2.09. The highest BCUT2D eigenvalue weighted by atomic mass is 16.6. The molecule has 1 aliphatic heterocycles. The highest BCUT2D eigenvalue weighted by molar-refractivity contribution is 6.01. The minimum atomic E-state index is 0.133. The SMILES string of the molecule is c1ccc(CNC[C@H]2CC(c3ccccc3)=NO2)cc1. The lowest BCUT2D eigenvalue weighted by atomic mass is 10.1. The predicted octanol–water partition coefficient (Wildman–Crippen LogP) is 2.97. The van der Waals surface area contributed by atoms with Crippen LogP contribution in [-0.2, 0) is 11.4 Å². The second-order valence-corrected chi connectivity index (χ2v) is 4.95. The summed E-state index contributed by atoms with van der Waals surface area (Å²) in [6, 6.07) is 20.6. The first-order valence-electron chi connectivity index (χ1n) is 6.94. The maximum Gasteiger partial charge on any atom is 0.145 e. The van der Waals surface area contributed by atoms with Gasteiger partial charge in [0.25, 0.3) is 0 Å². The van der Waals surface area contributed by atoms with E-state index in [-0.39, 0.29) is 6.10 Å². The van der Waals surface area contributed by atoms with Crippen molar-refractivity contribution in [3.8, 4) is 0 Å². The first kappa shape index (κ1) is 12.9. The molecule has 102 valence electrons. The Hall–Kier alpha value is -2.13. The summed E-state index contributed by atoms with van der Waals surface area (Å²) in [4.78, 5) is 5.48. The van der Waals surface area contributed by atoms with Crippen LogP contribution < -0.4 is 5.32 Å². The molecule has 3 rings (SSSR count). The third-order valence-corrected chi connectivity index (χ3v) is 3.38. The van der Waals surface area contributed by atoms with Crippen LogP contribution in [0.15, 0.2) is 65.8 Å². The molecule has 2 aromatic rings. The van der Waals surface area contributed by atoms with Gasteiger partial charge in [0.15, 0.2) is 0 Å². The quantitative estimate of drug-likeness (QED) is 0.902. The van der Waals surface area contributed by atoms with Crippen molar-refractivity contribution in [3.05, 3.63) is 71.8 Å². The monoisotopic (exact) mass is 266 g/mol. The summed E-state index contributed by atoms with van der Waals surface area (Å²) in [7, 11) is 0. The van der Waals surface area contributed by atoms with E-state index in [0.29, 0.717) is 0 Å². The van der Waals surface area contributed by atoms with Crippen LogP contribution in [0.2, 0.25) is 0 Å². The van der Waals surface area contributed by atoms with E-state index in [1.807, 2.05) is 24.3 Å². The van der Waals surface area contributed by atoms with Crippen LogP contribution in [0.3, 0.4) is 0 Å². The van der Waals surface area contributed by atoms with Crippen molar-refractivity contribution < 1.29 is 4.84 Å². The molecule has 3 heteroatoms. The zero-order valence-electron chi connectivity index (χ0n) is 11.3. The number of benzene rings is 2. The Kier molecular flexibility index (Phi) is 4.09. The summed E-state index contributed by atoms with van der Waals surface area (Å²) in [5, 5.41) is 7.61. The molecule has 20 heavy (non-hydrogen) atoms. The highest BCUT2D eigenvalue weighted by Crippen LogP contribution is 2.16. The zero-order chi connectivity index (χ0) is 13.6. The lowest BCUT2D eigenvalue weighted by Crippen LogP contribution is -2.26. The second kappa shape index (κ2) is 6.35. The Labute approximate surface area is 119 Å². The van der Waals surface area contributed by atoms with E-state index >= 15 is 0 Å². The first-order chi connectivity index (χ1) is 9.92. The third-order valence-electron chi connectivity index (χ3n) is 3.38. The number of oxime groups is 1. The second-order valence-electron chi connectivity index (χ2n) is 4.95. The molecule has 0 fully saturated rings. The molecule has 0 aromatic heterocycles. The fourth-order valence-corrected chi connectivity index (χ4v) is 2.31. The Morgan fingerprint density at radius 3 is 2.45 bits per heavy atom. The molecule has 0 radical (unpaired) electrons. The molecule has 1 N–H and O–H groups in total. The molecule has 0 saturated carbocycles. The van der Waals surface area contributed by atoms with Gasteiger partial charge in [-0.1, -0.05) is 65.8 Å². The van der Waals surface area contributed by atoms with Gasteiger partial charge in [0.1, 0.15) is 6.10 Å². The van der Waals surface area contributed by atoms with Crippen molar-refractivity contribution in [2.45, 2.75) is 19.1 Å². The minimum absolute atomic E-state index is 0.133. The van der Waals surface area contributed by atoms with E-state index in [1.54, 1.807) is 0 Å². The van der Waals surface area contributed by atoms with E-state index in [4.69, 9.17) is 4.84 Å². The van der Waals surface area contributed by atoms with Crippen molar-refractivity contribution in [2.24, 2.45) is 5.16 Å². The summed E-state index contributed by atoms with van der Waals surface area (Å²) in [6.07, 6.45) is 1.00. The van der Waals surface area contributed by atoms with Crippen molar-refractivity contribution in [1.82, 2.24) is 5.32 Å². The Balaban J connectivity index is 1.46. The average Bonchev–Trinajstić information content (AvgIpc) is 2.98. The van der Waals surface area contributed by atoms with E-state index < -0.39 is 0 Å². The van der Waals surface area contributed by atoms with Gasteiger partial charge < -0.3 is 10.2 Å². The molecular formula is C17H18N2O. The predicted molar refractivity (Wildman–Crippen MR) is 80.6 cm³/mol. The number of rotatable bonds is 5. The van der Waals surface area contributed by atoms with E-state index in [2.05, 4.69) is 46.9 Å². The smallest absolute Gasteiger partial charge is 0.145 e. The molecule has 0 unspecified atom stereocenters. The third kappa shape index (κ3) is 3.25. The van der Waals surface area contributed by atoms with Crippen molar-refractivity contribution >= 4 is 5.71 Å². The van der Waals surface area contributed by atoms with Crippen LogP contribution in [-0.4, -0.2) is 18.4 Å². The van der Waals surface area contributed by atoms with E-state index in [9.17, 15) is 0 Å². The molecule has 0 aliphatic carbocycles. The molecule has 0 amide bonds. The fourth-order valence-electron chi connectivity index (χ4n) is 2.31. The number of nitrogens with zero attached hydrogens (tertiary/aromatic N) is 1. The van der Waals surface area contributed by atoms with Gasteiger partial charge in [0, 0.05) is 19.5 Å². The van der Waals surface area contributed by atoms with Gasteiger partial charge in [-0.25, -0.2) is 0 Å². The van der Waals surface area contributed by atoms with E-state index in [1.165, 1.54) is 5.56 Å². The number of hydrogen-bond acceptors (Lipinski definition) is 3. The molecule has 3 nitrogen and oxygen atoms in total.